The van der Waals surface area contributed by atoms with E-state index in [0.29, 0.717) is 0 Å². The van der Waals surface area contributed by atoms with Crippen molar-refractivity contribution in [3.8, 4) is 0 Å². The van der Waals surface area contributed by atoms with Crippen molar-refractivity contribution in [1.82, 2.24) is 0 Å². The van der Waals surface area contributed by atoms with Crippen LogP contribution in [0.3, 0.4) is 0 Å². The van der Waals surface area contributed by atoms with Gasteiger partial charge in [0.1, 0.15) is 4.08 Å². The molecule has 66 valence electrons. The first-order valence-electron chi connectivity index (χ1n) is 3.85. The smallest absolute Gasteiger partial charge is 0.155 e. The molecule has 0 aliphatic heterocycles. The molecule has 0 atom stereocenters. The number of thioether (sulfide) groups is 2. The van der Waals surface area contributed by atoms with Crippen molar-refractivity contribution in [2.45, 2.75) is 31.8 Å². The maximum atomic E-state index is 11.2. The van der Waals surface area contributed by atoms with Gasteiger partial charge in [0, 0.05) is 0 Å². The molecule has 0 bridgehead atoms. The molecule has 0 heterocycles. The average Bonchev–Trinajstić information content (AvgIpc) is 1.88. The number of carbonyl (C=O) groups is 1. The SMILES string of the molecule is CCSC(C)(SCC)C(C)=O. The van der Waals surface area contributed by atoms with Crippen LogP contribution in [0.25, 0.3) is 0 Å². The average molecular weight is 192 g/mol. The third-order valence-electron chi connectivity index (χ3n) is 1.48. The van der Waals surface area contributed by atoms with Gasteiger partial charge in [-0.1, -0.05) is 13.8 Å². The Balaban J connectivity index is 4.13. The largest absolute Gasteiger partial charge is 0.298 e. The minimum absolute atomic E-state index is 0.205. The lowest BCUT2D eigenvalue weighted by Crippen LogP contribution is -2.25. The fraction of sp³-hybridized carbons (Fsp3) is 0.875. The van der Waals surface area contributed by atoms with Crippen LogP contribution in [0.1, 0.15) is 27.7 Å². The lowest BCUT2D eigenvalue weighted by molar-refractivity contribution is -0.116. The Morgan fingerprint density at radius 3 is 1.82 bits per heavy atom. The van der Waals surface area contributed by atoms with E-state index >= 15 is 0 Å². The highest BCUT2D eigenvalue weighted by atomic mass is 32.2. The molecular formula is C8H16OS2. The summed E-state index contributed by atoms with van der Waals surface area (Å²) in [5, 5.41) is 0. The summed E-state index contributed by atoms with van der Waals surface area (Å²) in [7, 11) is 0. The highest BCUT2D eigenvalue weighted by Crippen LogP contribution is 2.37. The van der Waals surface area contributed by atoms with Gasteiger partial charge in [-0.15, -0.1) is 23.5 Å². The molecule has 0 fully saturated rings. The summed E-state index contributed by atoms with van der Waals surface area (Å²) in [5.41, 5.74) is 0. The van der Waals surface area contributed by atoms with Crippen LogP contribution in [0.2, 0.25) is 0 Å². The van der Waals surface area contributed by atoms with Crippen LogP contribution in [0.15, 0.2) is 0 Å². The predicted molar refractivity (Wildman–Crippen MR) is 55.4 cm³/mol. The fourth-order valence-electron chi connectivity index (χ4n) is 0.796. The van der Waals surface area contributed by atoms with Crippen molar-refractivity contribution in [2.24, 2.45) is 0 Å². The predicted octanol–water partition coefficient (Wildman–Crippen LogP) is 2.80. The van der Waals surface area contributed by atoms with Gasteiger partial charge in [0.2, 0.25) is 0 Å². The first-order valence-corrected chi connectivity index (χ1v) is 5.83. The van der Waals surface area contributed by atoms with Crippen LogP contribution >= 0.6 is 23.5 Å². The topological polar surface area (TPSA) is 17.1 Å². The van der Waals surface area contributed by atoms with Gasteiger partial charge in [0.05, 0.1) is 0 Å². The fourth-order valence-corrected chi connectivity index (χ4v) is 3.34. The number of hydrogen-bond donors (Lipinski definition) is 0. The van der Waals surface area contributed by atoms with E-state index in [-0.39, 0.29) is 9.86 Å². The van der Waals surface area contributed by atoms with Crippen LogP contribution in [0.4, 0.5) is 0 Å². The number of ketones is 1. The van der Waals surface area contributed by atoms with Gasteiger partial charge in [-0.25, -0.2) is 0 Å². The Labute approximate surface area is 77.7 Å². The molecule has 0 saturated carbocycles. The summed E-state index contributed by atoms with van der Waals surface area (Å²) in [6, 6.07) is 0. The quantitative estimate of drug-likeness (QED) is 0.624. The second-order valence-corrected chi connectivity index (χ2v) is 5.99. The third kappa shape index (κ3) is 3.52. The van der Waals surface area contributed by atoms with Gasteiger partial charge in [0.15, 0.2) is 5.78 Å². The Morgan fingerprint density at radius 2 is 1.64 bits per heavy atom. The van der Waals surface area contributed by atoms with Crippen LogP contribution in [0, 0.1) is 0 Å². The summed E-state index contributed by atoms with van der Waals surface area (Å²) < 4.78 is -0.205. The zero-order chi connectivity index (χ0) is 8.91. The van der Waals surface area contributed by atoms with Gasteiger partial charge in [0.25, 0.3) is 0 Å². The molecule has 0 rings (SSSR count). The third-order valence-corrected chi connectivity index (χ3v) is 4.44. The van der Waals surface area contributed by atoms with Crippen LogP contribution in [-0.2, 0) is 4.79 Å². The number of hydrogen-bond acceptors (Lipinski definition) is 3. The molecule has 0 amide bonds. The molecule has 0 N–H and O–H groups in total. The Hall–Kier alpha value is 0.370. The summed E-state index contributed by atoms with van der Waals surface area (Å²) in [4.78, 5) is 11.2. The number of rotatable bonds is 5. The molecule has 0 aliphatic carbocycles. The van der Waals surface area contributed by atoms with Crippen molar-refractivity contribution in [3.63, 3.8) is 0 Å². The highest BCUT2D eigenvalue weighted by Gasteiger charge is 2.29. The van der Waals surface area contributed by atoms with Crippen molar-refractivity contribution in [2.75, 3.05) is 11.5 Å². The summed E-state index contributed by atoms with van der Waals surface area (Å²) in [6.07, 6.45) is 0. The normalized spacial score (nSPS) is 11.6. The molecule has 0 unspecified atom stereocenters. The number of carbonyl (C=O) groups excluding carboxylic acids is 1. The van der Waals surface area contributed by atoms with Gasteiger partial charge in [-0.3, -0.25) is 4.79 Å². The van der Waals surface area contributed by atoms with E-state index in [0.717, 1.165) is 11.5 Å². The van der Waals surface area contributed by atoms with E-state index in [1.54, 1.807) is 30.4 Å². The standard InChI is InChI=1S/C8H16OS2/c1-5-10-8(4,7(3)9)11-6-2/h5-6H2,1-4H3. The molecule has 0 aromatic rings. The van der Waals surface area contributed by atoms with Crippen molar-refractivity contribution in [3.05, 3.63) is 0 Å². The molecule has 0 spiro atoms. The summed E-state index contributed by atoms with van der Waals surface area (Å²) >= 11 is 3.45. The van der Waals surface area contributed by atoms with E-state index in [1.165, 1.54) is 0 Å². The molecule has 3 heteroatoms. The maximum Gasteiger partial charge on any atom is 0.155 e. The van der Waals surface area contributed by atoms with Crippen LogP contribution in [-0.4, -0.2) is 21.4 Å². The van der Waals surface area contributed by atoms with E-state index in [4.69, 9.17) is 0 Å². The lowest BCUT2D eigenvalue weighted by atomic mass is 10.3. The van der Waals surface area contributed by atoms with Gasteiger partial charge >= 0.3 is 0 Å². The van der Waals surface area contributed by atoms with Crippen LogP contribution in [0.5, 0.6) is 0 Å². The molecule has 0 aliphatic rings. The Morgan fingerprint density at radius 1 is 1.27 bits per heavy atom. The molecule has 1 nitrogen and oxygen atoms in total. The van der Waals surface area contributed by atoms with Crippen molar-refractivity contribution in [1.29, 1.82) is 0 Å². The summed E-state index contributed by atoms with van der Waals surface area (Å²) in [5.74, 6) is 2.28. The maximum absolute atomic E-state index is 11.2. The second-order valence-electron chi connectivity index (χ2n) is 2.37. The van der Waals surface area contributed by atoms with Crippen molar-refractivity contribution < 1.29 is 4.79 Å². The first kappa shape index (κ1) is 11.4. The highest BCUT2D eigenvalue weighted by molar-refractivity contribution is 8.19. The minimum Gasteiger partial charge on any atom is -0.298 e. The van der Waals surface area contributed by atoms with E-state index < -0.39 is 0 Å². The Bertz CT molecular complexity index is 128. The first-order chi connectivity index (χ1) is 5.06. The number of Topliss-reactive ketones (excluding diaryl/α,β-unsaturated/α-hetero) is 1. The second kappa shape index (κ2) is 5.09. The summed E-state index contributed by atoms with van der Waals surface area (Å²) in [6.45, 7) is 7.85. The Kier molecular flexibility index (Phi) is 5.26. The van der Waals surface area contributed by atoms with Gasteiger partial charge in [-0.05, 0) is 25.4 Å². The molecular weight excluding hydrogens is 176 g/mol. The van der Waals surface area contributed by atoms with Crippen molar-refractivity contribution >= 4 is 29.3 Å². The van der Waals surface area contributed by atoms with E-state index in [9.17, 15) is 4.79 Å². The van der Waals surface area contributed by atoms with Gasteiger partial charge < -0.3 is 0 Å². The van der Waals surface area contributed by atoms with E-state index in [1.807, 2.05) is 6.92 Å². The molecule has 0 aromatic carbocycles. The minimum atomic E-state index is -0.205. The monoisotopic (exact) mass is 192 g/mol. The van der Waals surface area contributed by atoms with Crippen LogP contribution < -0.4 is 0 Å². The molecule has 0 saturated heterocycles. The lowest BCUT2D eigenvalue weighted by Gasteiger charge is -2.23. The molecule has 0 radical (unpaired) electrons. The zero-order valence-corrected chi connectivity index (χ0v) is 9.27. The molecule has 11 heavy (non-hydrogen) atoms. The van der Waals surface area contributed by atoms with Gasteiger partial charge in [-0.2, -0.15) is 0 Å². The molecule has 0 aromatic heterocycles. The van der Waals surface area contributed by atoms with E-state index in [2.05, 4.69) is 13.8 Å². The zero-order valence-electron chi connectivity index (χ0n) is 7.64.